The summed E-state index contributed by atoms with van der Waals surface area (Å²) in [6, 6.07) is 14.1. The third-order valence-electron chi connectivity index (χ3n) is 5.73. The molecule has 1 aliphatic rings. The second-order valence-electron chi connectivity index (χ2n) is 7.72. The fourth-order valence-electron chi connectivity index (χ4n) is 4.25. The number of piperidine rings is 1. The fraction of sp³-hybridized carbons (Fsp3) is 0.217. The molecule has 1 saturated heterocycles. The van der Waals surface area contributed by atoms with Gasteiger partial charge < -0.3 is 13.8 Å². The zero-order chi connectivity index (χ0) is 20.8. The predicted octanol–water partition coefficient (Wildman–Crippen LogP) is 4.95. The molecule has 3 aromatic heterocycles. The Hall–Kier alpha value is -3.81. The highest BCUT2D eigenvalue weighted by Gasteiger charge is 2.29. The lowest BCUT2D eigenvalue weighted by Crippen LogP contribution is -2.35. The highest BCUT2D eigenvalue weighted by atomic mass is 19.1. The van der Waals surface area contributed by atoms with Gasteiger partial charge in [-0.3, -0.25) is 0 Å². The number of furan rings is 1. The molecule has 1 aliphatic heterocycles. The third kappa shape index (κ3) is 3.11. The lowest BCUT2D eigenvalue weighted by atomic mass is 9.98. The molecule has 0 N–H and O–H groups in total. The molecule has 7 nitrogen and oxygen atoms in total. The van der Waals surface area contributed by atoms with Crippen molar-refractivity contribution in [2.45, 2.75) is 18.8 Å². The van der Waals surface area contributed by atoms with Gasteiger partial charge in [0.25, 0.3) is 0 Å². The van der Waals surface area contributed by atoms with Gasteiger partial charge in [-0.2, -0.15) is 4.98 Å². The molecule has 31 heavy (non-hydrogen) atoms. The van der Waals surface area contributed by atoms with Crippen LogP contribution in [0.2, 0.25) is 0 Å². The van der Waals surface area contributed by atoms with Gasteiger partial charge >= 0.3 is 0 Å². The van der Waals surface area contributed by atoms with E-state index in [0.717, 1.165) is 41.7 Å². The van der Waals surface area contributed by atoms with Gasteiger partial charge in [0.1, 0.15) is 23.2 Å². The number of halogens is 1. The van der Waals surface area contributed by atoms with Crippen LogP contribution < -0.4 is 4.90 Å². The predicted molar refractivity (Wildman–Crippen MR) is 113 cm³/mol. The second kappa shape index (κ2) is 7.16. The summed E-state index contributed by atoms with van der Waals surface area (Å²) in [5, 5.41) is 5.04. The summed E-state index contributed by atoms with van der Waals surface area (Å²) in [5.74, 6) is 1.45. The Morgan fingerprint density at radius 1 is 1.06 bits per heavy atom. The molecule has 4 heterocycles. The monoisotopic (exact) mass is 415 g/mol. The quantitative estimate of drug-likeness (QED) is 0.412. The minimum Gasteiger partial charge on any atom is -0.450 e. The van der Waals surface area contributed by atoms with Crippen LogP contribution in [0, 0.1) is 5.82 Å². The molecule has 8 heteroatoms. The lowest BCUT2D eigenvalue weighted by Gasteiger charge is -2.31. The number of anilines is 1. The number of para-hydroxylation sites is 1. The van der Waals surface area contributed by atoms with Crippen molar-refractivity contribution in [3.63, 3.8) is 0 Å². The highest BCUT2D eigenvalue weighted by molar-refractivity contribution is 6.05. The Kier molecular flexibility index (Phi) is 4.15. The summed E-state index contributed by atoms with van der Waals surface area (Å²) in [7, 11) is 0. The van der Waals surface area contributed by atoms with Gasteiger partial charge in [-0.05, 0) is 37.1 Å². The Morgan fingerprint density at radius 3 is 2.94 bits per heavy atom. The van der Waals surface area contributed by atoms with Gasteiger partial charge in [0.15, 0.2) is 11.4 Å². The van der Waals surface area contributed by atoms with Crippen molar-refractivity contribution in [2.75, 3.05) is 18.0 Å². The molecule has 0 bridgehead atoms. The maximum Gasteiger partial charge on any atom is 0.231 e. The summed E-state index contributed by atoms with van der Waals surface area (Å²) in [4.78, 5) is 15.7. The van der Waals surface area contributed by atoms with Gasteiger partial charge in [-0.1, -0.05) is 29.4 Å². The summed E-state index contributed by atoms with van der Waals surface area (Å²) in [6.07, 6.45) is 3.46. The second-order valence-corrected chi connectivity index (χ2v) is 7.72. The number of fused-ring (bicyclic) bond motifs is 3. The van der Waals surface area contributed by atoms with Crippen molar-refractivity contribution in [3.8, 4) is 11.4 Å². The van der Waals surface area contributed by atoms with Crippen molar-refractivity contribution in [1.29, 1.82) is 0 Å². The molecule has 6 rings (SSSR count). The van der Waals surface area contributed by atoms with Crippen LogP contribution in [0.4, 0.5) is 10.2 Å². The molecule has 0 spiro atoms. The van der Waals surface area contributed by atoms with E-state index in [2.05, 4.69) is 25.0 Å². The zero-order valence-corrected chi connectivity index (χ0v) is 16.5. The molecule has 0 aliphatic carbocycles. The van der Waals surface area contributed by atoms with E-state index in [1.54, 1.807) is 18.5 Å². The molecule has 154 valence electrons. The molecular weight excluding hydrogens is 397 g/mol. The highest BCUT2D eigenvalue weighted by Crippen LogP contribution is 2.35. The zero-order valence-electron chi connectivity index (χ0n) is 16.5. The van der Waals surface area contributed by atoms with Crippen LogP contribution in [0.25, 0.3) is 33.5 Å². The van der Waals surface area contributed by atoms with Crippen LogP contribution in [-0.4, -0.2) is 33.2 Å². The first-order chi connectivity index (χ1) is 15.3. The maximum absolute atomic E-state index is 13.5. The van der Waals surface area contributed by atoms with Gasteiger partial charge in [-0.25, -0.2) is 14.4 Å². The summed E-state index contributed by atoms with van der Waals surface area (Å²) < 4.78 is 25.2. The normalized spacial score (nSPS) is 16.9. The molecule has 0 saturated carbocycles. The molecule has 2 aromatic carbocycles. The minimum atomic E-state index is -0.327. The molecule has 1 fully saturated rings. The van der Waals surface area contributed by atoms with E-state index < -0.39 is 0 Å². The number of aromatic nitrogens is 4. The Balaban J connectivity index is 1.32. The van der Waals surface area contributed by atoms with Crippen LogP contribution in [0.3, 0.4) is 0 Å². The molecule has 0 radical (unpaired) electrons. The molecular formula is C23H18FN5O2. The third-order valence-corrected chi connectivity index (χ3v) is 5.73. The minimum absolute atomic E-state index is 0.0537. The van der Waals surface area contributed by atoms with Crippen molar-refractivity contribution >= 4 is 27.9 Å². The maximum atomic E-state index is 13.5. The van der Waals surface area contributed by atoms with Gasteiger partial charge in [-0.15, -0.1) is 0 Å². The summed E-state index contributed by atoms with van der Waals surface area (Å²) in [5.41, 5.74) is 2.90. The Labute approximate surface area is 176 Å². The first-order valence-corrected chi connectivity index (χ1v) is 10.2. The van der Waals surface area contributed by atoms with Crippen LogP contribution in [0.1, 0.15) is 24.7 Å². The van der Waals surface area contributed by atoms with E-state index >= 15 is 0 Å². The van der Waals surface area contributed by atoms with Crippen molar-refractivity contribution in [2.24, 2.45) is 0 Å². The fourth-order valence-corrected chi connectivity index (χ4v) is 4.25. The van der Waals surface area contributed by atoms with Crippen LogP contribution >= 0.6 is 0 Å². The van der Waals surface area contributed by atoms with Gasteiger partial charge in [0.05, 0.1) is 5.92 Å². The smallest absolute Gasteiger partial charge is 0.231 e. The van der Waals surface area contributed by atoms with E-state index in [1.165, 1.54) is 12.1 Å². The van der Waals surface area contributed by atoms with E-state index in [9.17, 15) is 4.39 Å². The number of hydrogen-bond acceptors (Lipinski definition) is 7. The summed E-state index contributed by atoms with van der Waals surface area (Å²) in [6.45, 7) is 1.53. The molecule has 5 aromatic rings. The van der Waals surface area contributed by atoms with Crippen molar-refractivity contribution < 1.29 is 13.3 Å². The topological polar surface area (TPSA) is 81.1 Å². The average molecular weight is 415 g/mol. The largest absolute Gasteiger partial charge is 0.450 e. The number of benzene rings is 2. The van der Waals surface area contributed by atoms with Gasteiger partial charge in [0, 0.05) is 24.0 Å². The number of rotatable bonds is 3. The molecule has 0 amide bonds. The summed E-state index contributed by atoms with van der Waals surface area (Å²) >= 11 is 0. The molecule has 1 atom stereocenters. The van der Waals surface area contributed by atoms with E-state index in [0.29, 0.717) is 29.4 Å². The SMILES string of the molecule is Fc1cccc(-c2noc(C3CCCN(c4ncnc5c4oc4ccccc45)C3)n2)c1. The van der Waals surface area contributed by atoms with E-state index in [4.69, 9.17) is 8.94 Å². The molecule has 1 unspecified atom stereocenters. The van der Waals surface area contributed by atoms with E-state index in [1.807, 2.05) is 24.3 Å². The van der Waals surface area contributed by atoms with Gasteiger partial charge in [0.2, 0.25) is 11.7 Å². The number of hydrogen-bond donors (Lipinski definition) is 0. The van der Waals surface area contributed by atoms with Crippen LogP contribution in [-0.2, 0) is 0 Å². The van der Waals surface area contributed by atoms with Crippen molar-refractivity contribution in [1.82, 2.24) is 20.1 Å². The lowest BCUT2D eigenvalue weighted by molar-refractivity contribution is 0.333. The average Bonchev–Trinajstić information content (AvgIpc) is 3.44. The number of nitrogens with zero attached hydrogens (tertiary/aromatic N) is 5. The van der Waals surface area contributed by atoms with Crippen LogP contribution in [0.5, 0.6) is 0 Å². The Morgan fingerprint density at radius 2 is 2.00 bits per heavy atom. The van der Waals surface area contributed by atoms with Crippen LogP contribution in [0.15, 0.2) is 63.8 Å². The standard InChI is InChI=1S/C23H18FN5O2/c24-16-7-3-5-14(11-16)21-27-23(31-28-21)15-6-4-10-29(12-15)22-20-19(25-13-26-22)17-8-1-2-9-18(17)30-20/h1-3,5,7-9,11,13,15H,4,6,10,12H2. The Bertz CT molecular complexity index is 1400. The van der Waals surface area contributed by atoms with Crippen molar-refractivity contribution in [3.05, 3.63) is 66.6 Å². The first kappa shape index (κ1) is 18.0. The first-order valence-electron chi connectivity index (χ1n) is 10.2. The van der Waals surface area contributed by atoms with E-state index in [-0.39, 0.29) is 11.7 Å².